The van der Waals surface area contributed by atoms with Gasteiger partial charge in [0.25, 0.3) is 0 Å². The maximum Gasteiger partial charge on any atom is 0.140 e. The number of amidine groups is 1. The van der Waals surface area contributed by atoms with Crippen molar-refractivity contribution in [1.82, 2.24) is 10.2 Å². The Kier molecular flexibility index (Phi) is 4.69. The normalized spacial score (nSPS) is 21.4. The first kappa shape index (κ1) is 11.3. The lowest BCUT2D eigenvalue weighted by atomic mass is 10.1. The van der Waals surface area contributed by atoms with E-state index < -0.39 is 0 Å². The van der Waals surface area contributed by atoms with Gasteiger partial charge in [0.15, 0.2) is 0 Å². The number of hydrogen-bond donors (Lipinski definition) is 3. The zero-order valence-electron chi connectivity index (χ0n) is 8.74. The van der Waals surface area contributed by atoms with Crippen molar-refractivity contribution in [3.63, 3.8) is 0 Å². The van der Waals surface area contributed by atoms with Crippen LogP contribution in [0.1, 0.15) is 19.3 Å². The zero-order valence-corrected chi connectivity index (χ0v) is 8.74. The number of piperidine rings is 1. The Morgan fingerprint density at radius 2 is 2.21 bits per heavy atom. The van der Waals surface area contributed by atoms with Gasteiger partial charge in [-0.2, -0.15) is 0 Å². The molecule has 1 rings (SSSR count). The number of likely N-dealkylation sites (tertiary alicyclic amines) is 1. The minimum Gasteiger partial charge on any atom is -0.409 e. The smallest absolute Gasteiger partial charge is 0.140 e. The molecule has 0 atom stereocenters. The topological polar surface area (TPSA) is 73.9 Å². The van der Waals surface area contributed by atoms with Crippen LogP contribution in [0.15, 0.2) is 5.16 Å². The summed E-state index contributed by atoms with van der Waals surface area (Å²) in [7, 11) is 2.15. The van der Waals surface area contributed by atoms with Gasteiger partial charge in [-0.15, -0.1) is 0 Å². The molecule has 1 aliphatic heterocycles. The fraction of sp³-hybridized carbons (Fsp3) is 0.889. The molecular formula is C9H20N4O. The summed E-state index contributed by atoms with van der Waals surface area (Å²) in [4.78, 5) is 2.34. The number of nitrogens with zero attached hydrogens (tertiary/aromatic N) is 2. The van der Waals surface area contributed by atoms with Crippen LogP contribution in [-0.2, 0) is 0 Å². The van der Waals surface area contributed by atoms with Crippen LogP contribution >= 0.6 is 0 Å². The quantitative estimate of drug-likeness (QED) is 0.254. The average Bonchev–Trinajstić information content (AvgIpc) is 2.21. The summed E-state index contributed by atoms with van der Waals surface area (Å²) in [5.74, 6) is 0.297. The minimum absolute atomic E-state index is 0.297. The van der Waals surface area contributed by atoms with Crippen molar-refractivity contribution in [2.45, 2.75) is 25.3 Å². The van der Waals surface area contributed by atoms with Gasteiger partial charge in [0.1, 0.15) is 5.84 Å². The Morgan fingerprint density at radius 3 is 2.79 bits per heavy atom. The summed E-state index contributed by atoms with van der Waals surface area (Å²) in [6.07, 6.45) is 2.99. The maximum atomic E-state index is 8.33. The van der Waals surface area contributed by atoms with Gasteiger partial charge in [-0.25, -0.2) is 0 Å². The third-order valence-corrected chi connectivity index (χ3v) is 2.66. The van der Waals surface area contributed by atoms with Gasteiger partial charge >= 0.3 is 0 Å². The van der Waals surface area contributed by atoms with Gasteiger partial charge in [0, 0.05) is 19.0 Å². The predicted octanol–water partition coefficient (Wildman–Crippen LogP) is -0.193. The van der Waals surface area contributed by atoms with Crippen LogP contribution in [0.25, 0.3) is 0 Å². The van der Waals surface area contributed by atoms with Gasteiger partial charge < -0.3 is 21.2 Å². The molecule has 0 spiro atoms. The molecule has 0 aromatic carbocycles. The van der Waals surface area contributed by atoms with Gasteiger partial charge in [0.2, 0.25) is 0 Å². The lowest BCUT2D eigenvalue weighted by Gasteiger charge is -2.29. The fourth-order valence-corrected chi connectivity index (χ4v) is 1.67. The van der Waals surface area contributed by atoms with Crippen LogP contribution in [0, 0.1) is 0 Å². The molecule has 0 bridgehead atoms. The van der Waals surface area contributed by atoms with Gasteiger partial charge in [-0.05, 0) is 33.0 Å². The Morgan fingerprint density at radius 1 is 1.57 bits per heavy atom. The van der Waals surface area contributed by atoms with E-state index in [2.05, 4.69) is 22.4 Å². The van der Waals surface area contributed by atoms with Crippen molar-refractivity contribution < 1.29 is 5.21 Å². The molecule has 5 heteroatoms. The lowest BCUT2D eigenvalue weighted by Crippen LogP contribution is -2.41. The van der Waals surface area contributed by atoms with Crippen molar-refractivity contribution in [3.05, 3.63) is 0 Å². The van der Waals surface area contributed by atoms with Crippen molar-refractivity contribution in [2.75, 3.05) is 26.7 Å². The van der Waals surface area contributed by atoms with Gasteiger partial charge in [-0.1, -0.05) is 5.16 Å². The van der Waals surface area contributed by atoms with Crippen LogP contribution < -0.4 is 11.1 Å². The fourth-order valence-electron chi connectivity index (χ4n) is 1.67. The van der Waals surface area contributed by atoms with E-state index in [0.29, 0.717) is 18.3 Å². The summed E-state index contributed by atoms with van der Waals surface area (Å²) >= 11 is 0. The molecule has 0 aliphatic carbocycles. The molecule has 14 heavy (non-hydrogen) atoms. The molecule has 0 radical (unpaired) electrons. The van der Waals surface area contributed by atoms with E-state index >= 15 is 0 Å². The molecular weight excluding hydrogens is 180 g/mol. The summed E-state index contributed by atoms with van der Waals surface area (Å²) in [6, 6.07) is 0.595. The number of hydrogen-bond acceptors (Lipinski definition) is 4. The maximum absolute atomic E-state index is 8.33. The molecule has 1 heterocycles. The van der Waals surface area contributed by atoms with Crippen LogP contribution in [0.3, 0.4) is 0 Å². The minimum atomic E-state index is 0.297. The molecule has 0 aromatic rings. The van der Waals surface area contributed by atoms with Crippen molar-refractivity contribution >= 4 is 5.84 Å². The Balaban J connectivity index is 2.07. The van der Waals surface area contributed by atoms with E-state index in [1.807, 2.05) is 0 Å². The first-order chi connectivity index (χ1) is 6.72. The predicted molar refractivity (Wildman–Crippen MR) is 56.5 cm³/mol. The Bertz CT molecular complexity index is 187. The summed E-state index contributed by atoms with van der Waals surface area (Å²) < 4.78 is 0. The molecule has 0 unspecified atom stereocenters. The standard InChI is InChI=1S/C9H20N4O/c1-13-6-3-8(4-7-13)11-5-2-9(10)12-14/h8,11,14H,2-7H2,1H3,(H2,10,12). The molecule has 1 fully saturated rings. The highest BCUT2D eigenvalue weighted by molar-refractivity contribution is 5.79. The van der Waals surface area contributed by atoms with Crippen molar-refractivity contribution in [2.24, 2.45) is 10.9 Å². The first-order valence-corrected chi connectivity index (χ1v) is 5.10. The van der Waals surface area contributed by atoms with E-state index in [-0.39, 0.29) is 0 Å². The number of rotatable bonds is 4. The van der Waals surface area contributed by atoms with E-state index in [1.54, 1.807) is 0 Å². The Labute approximate surface area is 84.9 Å². The molecule has 82 valence electrons. The first-order valence-electron chi connectivity index (χ1n) is 5.10. The van der Waals surface area contributed by atoms with Gasteiger partial charge in [0.05, 0.1) is 0 Å². The molecule has 0 aromatic heterocycles. The second kappa shape index (κ2) is 5.82. The lowest BCUT2D eigenvalue weighted by molar-refractivity contribution is 0.235. The average molecular weight is 200 g/mol. The summed E-state index contributed by atoms with van der Waals surface area (Å²) in [5, 5.41) is 14.7. The van der Waals surface area contributed by atoms with E-state index in [0.717, 1.165) is 19.6 Å². The van der Waals surface area contributed by atoms with Crippen LogP contribution in [0.5, 0.6) is 0 Å². The van der Waals surface area contributed by atoms with Crippen LogP contribution in [-0.4, -0.2) is 48.7 Å². The van der Waals surface area contributed by atoms with Crippen molar-refractivity contribution in [1.29, 1.82) is 0 Å². The number of nitrogens with two attached hydrogens (primary N) is 1. The van der Waals surface area contributed by atoms with E-state index in [9.17, 15) is 0 Å². The van der Waals surface area contributed by atoms with E-state index in [4.69, 9.17) is 10.9 Å². The molecule has 0 amide bonds. The van der Waals surface area contributed by atoms with Crippen molar-refractivity contribution in [3.8, 4) is 0 Å². The second-order valence-corrected chi connectivity index (χ2v) is 3.87. The van der Waals surface area contributed by atoms with Crippen LogP contribution in [0.4, 0.5) is 0 Å². The zero-order chi connectivity index (χ0) is 10.4. The highest BCUT2D eigenvalue weighted by atomic mass is 16.4. The molecule has 5 nitrogen and oxygen atoms in total. The molecule has 0 saturated carbocycles. The molecule has 1 aliphatic rings. The number of oxime groups is 1. The number of nitrogens with one attached hydrogen (secondary N) is 1. The highest BCUT2D eigenvalue weighted by Crippen LogP contribution is 2.07. The van der Waals surface area contributed by atoms with Crippen LogP contribution in [0.2, 0.25) is 0 Å². The summed E-state index contributed by atoms with van der Waals surface area (Å²) in [5.41, 5.74) is 5.36. The monoisotopic (exact) mass is 200 g/mol. The summed E-state index contributed by atoms with van der Waals surface area (Å²) in [6.45, 7) is 3.10. The van der Waals surface area contributed by atoms with E-state index in [1.165, 1.54) is 12.8 Å². The largest absolute Gasteiger partial charge is 0.409 e. The molecule has 4 N–H and O–H groups in total. The molecule has 1 saturated heterocycles. The third kappa shape index (κ3) is 3.93. The SMILES string of the molecule is CN1CCC(NCCC(N)=NO)CC1. The van der Waals surface area contributed by atoms with Gasteiger partial charge in [-0.3, -0.25) is 0 Å². The third-order valence-electron chi connectivity index (χ3n) is 2.66. The second-order valence-electron chi connectivity index (χ2n) is 3.87. The highest BCUT2D eigenvalue weighted by Gasteiger charge is 2.15. The Hall–Kier alpha value is -0.810.